The zero-order chi connectivity index (χ0) is 19.7. The van der Waals surface area contributed by atoms with Crippen LogP contribution < -0.4 is 5.32 Å². The molecule has 3 heterocycles. The molecular formula is C22H20N4O2. The van der Waals surface area contributed by atoms with Gasteiger partial charge >= 0.3 is 0 Å². The van der Waals surface area contributed by atoms with Crippen molar-refractivity contribution in [3.8, 4) is 11.3 Å². The third kappa shape index (κ3) is 3.57. The minimum Gasteiger partial charge on any atom is -0.360 e. The first-order chi connectivity index (χ1) is 13.5. The van der Waals surface area contributed by atoms with Crippen molar-refractivity contribution >= 4 is 23.4 Å². The average molecular weight is 372 g/mol. The second kappa shape index (κ2) is 7.15. The van der Waals surface area contributed by atoms with Crippen LogP contribution in [0.15, 0.2) is 59.3 Å². The summed E-state index contributed by atoms with van der Waals surface area (Å²) in [5, 5.41) is 6.46. The predicted octanol–water partition coefficient (Wildman–Crippen LogP) is 4.57. The highest BCUT2D eigenvalue weighted by atomic mass is 16.5. The Morgan fingerprint density at radius 1 is 1.07 bits per heavy atom. The summed E-state index contributed by atoms with van der Waals surface area (Å²) in [7, 11) is 0. The van der Waals surface area contributed by atoms with Crippen molar-refractivity contribution in [3.63, 3.8) is 0 Å². The molecule has 0 saturated heterocycles. The van der Waals surface area contributed by atoms with Gasteiger partial charge in [0.15, 0.2) is 5.82 Å². The number of nitrogens with one attached hydrogen (secondary N) is 1. The van der Waals surface area contributed by atoms with Crippen molar-refractivity contribution in [1.29, 1.82) is 0 Å². The normalized spacial score (nSPS) is 11.4. The second-order valence-electron chi connectivity index (χ2n) is 6.79. The van der Waals surface area contributed by atoms with Crippen LogP contribution in [0.1, 0.15) is 22.6 Å². The highest BCUT2D eigenvalue weighted by Gasteiger charge is 2.13. The molecule has 0 unspecified atom stereocenters. The summed E-state index contributed by atoms with van der Waals surface area (Å²) in [6, 6.07) is 13.9. The third-order valence-electron chi connectivity index (χ3n) is 4.42. The van der Waals surface area contributed by atoms with Crippen LogP contribution in [0, 0.1) is 20.8 Å². The number of benzene rings is 1. The van der Waals surface area contributed by atoms with Crippen LogP contribution in [-0.2, 0) is 4.79 Å². The molecule has 6 heteroatoms. The first-order valence-corrected chi connectivity index (χ1v) is 8.98. The van der Waals surface area contributed by atoms with Crippen LogP contribution in [0.3, 0.4) is 0 Å². The van der Waals surface area contributed by atoms with Gasteiger partial charge in [0.25, 0.3) is 0 Å². The molecule has 1 amide bonds. The lowest BCUT2D eigenvalue weighted by Gasteiger charge is -2.02. The van der Waals surface area contributed by atoms with E-state index in [-0.39, 0.29) is 5.91 Å². The maximum absolute atomic E-state index is 12.3. The van der Waals surface area contributed by atoms with Gasteiger partial charge in [-0.1, -0.05) is 35.0 Å². The summed E-state index contributed by atoms with van der Waals surface area (Å²) in [6.45, 7) is 5.85. The number of pyridine rings is 1. The number of imidazole rings is 1. The van der Waals surface area contributed by atoms with E-state index >= 15 is 0 Å². The molecule has 0 atom stereocenters. The summed E-state index contributed by atoms with van der Waals surface area (Å²) >= 11 is 0. The van der Waals surface area contributed by atoms with Crippen molar-refractivity contribution in [3.05, 3.63) is 77.3 Å². The van der Waals surface area contributed by atoms with Crippen molar-refractivity contribution in [2.24, 2.45) is 0 Å². The van der Waals surface area contributed by atoms with Crippen LogP contribution in [0.4, 0.5) is 5.82 Å². The fraction of sp³-hybridized carbons (Fsp3) is 0.136. The highest BCUT2D eigenvalue weighted by molar-refractivity contribution is 6.01. The number of aromatic nitrogens is 3. The molecule has 0 aliphatic heterocycles. The lowest BCUT2D eigenvalue weighted by Crippen LogP contribution is -2.07. The Morgan fingerprint density at radius 3 is 2.57 bits per heavy atom. The minimum atomic E-state index is -0.287. The third-order valence-corrected chi connectivity index (χ3v) is 4.42. The smallest absolute Gasteiger partial charge is 0.249 e. The van der Waals surface area contributed by atoms with Gasteiger partial charge in [-0.2, -0.15) is 0 Å². The molecule has 28 heavy (non-hydrogen) atoms. The monoisotopic (exact) mass is 372 g/mol. The van der Waals surface area contributed by atoms with Crippen LogP contribution in [0.5, 0.6) is 0 Å². The molecule has 0 saturated carbocycles. The minimum absolute atomic E-state index is 0.287. The van der Waals surface area contributed by atoms with Gasteiger partial charge in [0, 0.05) is 23.9 Å². The number of nitrogens with zero attached hydrogens (tertiary/aromatic N) is 3. The van der Waals surface area contributed by atoms with E-state index in [1.807, 2.05) is 48.7 Å². The molecule has 0 bridgehead atoms. The van der Waals surface area contributed by atoms with Crippen molar-refractivity contribution in [2.45, 2.75) is 20.8 Å². The zero-order valence-electron chi connectivity index (χ0n) is 15.9. The number of fused-ring (bicyclic) bond motifs is 1. The molecule has 1 aromatic carbocycles. The Morgan fingerprint density at radius 2 is 1.86 bits per heavy atom. The standard InChI is InChI=1S/C22H20N4O2/c1-14-4-6-17(7-5-14)22-18(26-11-10-15(2)12-20(26)24-22)8-9-21(27)23-19-13-16(3)28-25-19/h4-13H,1-3H3,(H,23,25,27)/b9-8+. The molecule has 0 aliphatic carbocycles. The number of amides is 1. The van der Waals surface area contributed by atoms with E-state index in [9.17, 15) is 4.79 Å². The second-order valence-corrected chi connectivity index (χ2v) is 6.79. The maximum Gasteiger partial charge on any atom is 0.249 e. The zero-order valence-corrected chi connectivity index (χ0v) is 15.9. The number of carbonyl (C=O) groups is 1. The topological polar surface area (TPSA) is 72.4 Å². The van der Waals surface area contributed by atoms with Crippen molar-refractivity contribution in [1.82, 2.24) is 14.5 Å². The van der Waals surface area contributed by atoms with Crippen LogP contribution >= 0.6 is 0 Å². The first-order valence-electron chi connectivity index (χ1n) is 8.98. The number of aryl methyl sites for hydroxylation is 3. The van der Waals surface area contributed by atoms with E-state index in [0.717, 1.165) is 28.2 Å². The Balaban J connectivity index is 1.72. The van der Waals surface area contributed by atoms with E-state index in [0.29, 0.717) is 11.6 Å². The summed E-state index contributed by atoms with van der Waals surface area (Å²) < 4.78 is 6.95. The SMILES string of the molecule is Cc1ccc(-c2nc3cc(C)ccn3c2/C=C/C(=O)Nc2cc(C)on2)cc1. The van der Waals surface area contributed by atoms with E-state index in [1.54, 1.807) is 19.1 Å². The summed E-state index contributed by atoms with van der Waals surface area (Å²) in [5.41, 5.74) is 5.81. The summed E-state index contributed by atoms with van der Waals surface area (Å²) in [6.07, 6.45) is 5.21. The molecule has 0 spiro atoms. The van der Waals surface area contributed by atoms with Crippen LogP contribution in [0.25, 0.3) is 23.0 Å². The number of hydrogen-bond acceptors (Lipinski definition) is 4. The van der Waals surface area contributed by atoms with Crippen molar-refractivity contribution < 1.29 is 9.32 Å². The lowest BCUT2D eigenvalue weighted by atomic mass is 10.1. The largest absolute Gasteiger partial charge is 0.360 e. The molecule has 140 valence electrons. The molecule has 4 aromatic rings. The van der Waals surface area contributed by atoms with Gasteiger partial charge in [-0.05, 0) is 44.5 Å². The Hall–Kier alpha value is -3.67. The fourth-order valence-electron chi connectivity index (χ4n) is 3.00. The maximum atomic E-state index is 12.3. The van der Waals surface area contributed by atoms with Crippen LogP contribution in [-0.4, -0.2) is 20.4 Å². The Bertz CT molecular complexity index is 1180. The predicted molar refractivity (Wildman–Crippen MR) is 109 cm³/mol. The Kier molecular flexibility index (Phi) is 4.53. The number of hydrogen-bond donors (Lipinski definition) is 1. The number of carbonyl (C=O) groups excluding carboxylic acids is 1. The van der Waals surface area contributed by atoms with E-state index < -0.39 is 0 Å². The van der Waals surface area contributed by atoms with Gasteiger partial charge in [0.05, 0.1) is 11.4 Å². The molecule has 4 rings (SSSR count). The van der Waals surface area contributed by atoms with E-state index in [4.69, 9.17) is 9.51 Å². The molecule has 6 nitrogen and oxygen atoms in total. The van der Waals surface area contributed by atoms with Crippen LogP contribution in [0.2, 0.25) is 0 Å². The molecule has 0 fully saturated rings. The number of rotatable bonds is 4. The van der Waals surface area contributed by atoms with Crippen molar-refractivity contribution in [2.75, 3.05) is 5.32 Å². The first kappa shape index (κ1) is 17.7. The van der Waals surface area contributed by atoms with Gasteiger partial charge in [-0.15, -0.1) is 0 Å². The van der Waals surface area contributed by atoms with Gasteiger partial charge < -0.3 is 9.84 Å². The summed E-state index contributed by atoms with van der Waals surface area (Å²) in [4.78, 5) is 17.1. The van der Waals surface area contributed by atoms with Gasteiger partial charge in [-0.25, -0.2) is 4.98 Å². The van der Waals surface area contributed by atoms with E-state index in [2.05, 4.69) is 22.6 Å². The molecule has 1 N–H and O–H groups in total. The molecule has 0 aliphatic rings. The lowest BCUT2D eigenvalue weighted by molar-refractivity contribution is -0.111. The molecule has 3 aromatic heterocycles. The molecular weight excluding hydrogens is 352 g/mol. The van der Waals surface area contributed by atoms with Gasteiger partial charge in [0.1, 0.15) is 11.4 Å². The quantitative estimate of drug-likeness (QED) is 0.533. The fourth-order valence-corrected chi connectivity index (χ4v) is 3.00. The Labute approximate surface area is 162 Å². The van der Waals surface area contributed by atoms with Gasteiger partial charge in [-0.3, -0.25) is 9.20 Å². The molecule has 0 radical (unpaired) electrons. The van der Waals surface area contributed by atoms with Gasteiger partial charge in [0.2, 0.25) is 5.91 Å². The number of anilines is 1. The highest BCUT2D eigenvalue weighted by Crippen LogP contribution is 2.26. The average Bonchev–Trinajstić information content (AvgIpc) is 3.23. The van der Waals surface area contributed by atoms with E-state index in [1.165, 1.54) is 11.6 Å². The summed E-state index contributed by atoms with van der Waals surface area (Å²) in [5.74, 6) is 0.739.